The van der Waals surface area contributed by atoms with E-state index >= 15 is 0 Å². The van der Waals surface area contributed by atoms with Gasteiger partial charge in [0.2, 0.25) is 5.91 Å². The second-order valence-corrected chi connectivity index (χ2v) is 7.78. The number of hydrogen-bond donors (Lipinski definition) is 2. The molecule has 0 radical (unpaired) electrons. The Hall–Kier alpha value is -4.25. The first-order chi connectivity index (χ1) is 16.8. The number of carbonyl (C=O) groups is 1. The number of carbonyl (C=O) groups excluding carboxylic acids is 1. The number of amides is 1. The van der Waals surface area contributed by atoms with Gasteiger partial charge in [0, 0.05) is 12.1 Å². The lowest BCUT2D eigenvalue weighted by atomic mass is 10.2. The molecule has 4 aromatic rings. The van der Waals surface area contributed by atoms with Crippen molar-refractivity contribution in [1.82, 2.24) is 0 Å². The van der Waals surface area contributed by atoms with Crippen LogP contribution in [0.2, 0.25) is 0 Å². The third kappa shape index (κ3) is 7.14. The molecule has 4 aromatic carbocycles. The minimum absolute atomic E-state index is 0.140. The summed E-state index contributed by atoms with van der Waals surface area (Å²) in [7, 11) is 0. The summed E-state index contributed by atoms with van der Waals surface area (Å²) in [5.41, 5.74) is 3.81. The molecule has 2 N–H and O–H groups in total. The Labute approximate surface area is 200 Å². The minimum Gasteiger partial charge on any atom is -0.493 e. The average molecular weight is 453 g/mol. The number of nitrogens with one attached hydrogen (secondary N) is 2. The highest BCUT2D eigenvalue weighted by Gasteiger charge is 2.08. The van der Waals surface area contributed by atoms with Crippen LogP contribution < -0.4 is 20.1 Å². The molecule has 34 heavy (non-hydrogen) atoms. The van der Waals surface area contributed by atoms with E-state index in [9.17, 15) is 4.79 Å². The van der Waals surface area contributed by atoms with Crippen molar-refractivity contribution >= 4 is 17.3 Å². The summed E-state index contributed by atoms with van der Waals surface area (Å²) in [6, 6.07) is 35.2. The van der Waals surface area contributed by atoms with Crippen LogP contribution in [0.5, 0.6) is 11.5 Å². The molecule has 0 aliphatic carbocycles. The van der Waals surface area contributed by atoms with Gasteiger partial charge in [0.25, 0.3) is 0 Å². The molecule has 0 aliphatic heterocycles. The molecular formula is C29H28N2O3. The molecule has 0 unspecified atom stereocenters. The zero-order valence-corrected chi connectivity index (χ0v) is 18.9. The van der Waals surface area contributed by atoms with E-state index < -0.39 is 0 Å². The molecule has 0 heterocycles. The molecule has 0 atom stereocenters. The number of hydrogen-bond acceptors (Lipinski definition) is 4. The van der Waals surface area contributed by atoms with Crippen molar-refractivity contribution in [2.24, 2.45) is 0 Å². The Balaban J connectivity index is 1.22. The molecule has 0 aromatic heterocycles. The number of benzene rings is 4. The van der Waals surface area contributed by atoms with Gasteiger partial charge in [-0.25, -0.2) is 0 Å². The summed E-state index contributed by atoms with van der Waals surface area (Å²) >= 11 is 0. The van der Waals surface area contributed by atoms with Crippen molar-refractivity contribution < 1.29 is 14.3 Å². The first-order valence-electron chi connectivity index (χ1n) is 11.3. The third-order valence-corrected chi connectivity index (χ3v) is 5.21. The fraction of sp³-hybridized carbons (Fsp3) is 0.138. The Morgan fingerprint density at radius 1 is 0.676 bits per heavy atom. The smallest absolute Gasteiger partial charge is 0.243 e. The van der Waals surface area contributed by atoms with E-state index in [4.69, 9.17) is 9.47 Å². The quantitative estimate of drug-likeness (QED) is 0.296. The predicted octanol–water partition coefficient (Wildman–Crippen LogP) is 5.94. The summed E-state index contributed by atoms with van der Waals surface area (Å²) in [5, 5.41) is 6.06. The van der Waals surface area contributed by atoms with Gasteiger partial charge in [0.05, 0.1) is 18.8 Å². The van der Waals surface area contributed by atoms with Crippen molar-refractivity contribution in [2.45, 2.75) is 13.0 Å². The molecule has 0 saturated heterocycles. The lowest BCUT2D eigenvalue weighted by molar-refractivity contribution is -0.114. The minimum atomic E-state index is -0.154. The Kier molecular flexibility index (Phi) is 8.17. The number of rotatable bonds is 11. The van der Waals surface area contributed by atoms with E-state index in [2.05, 4.69) is 22.8 Å². The fourth-order valence-electron chi connectivity index (χ4n) is 3.41. The molecule has 1 amide bonds. The molecule has 4 rings (SSSR count). The van der Waals surface area contributed by atoms with E-state index in [1.807, 2.05) is 97.1 Å². The number of para-hydroxylation sites is 2. The number of ether oxygens (including phenoxy) is 2. The molecule has 0 bridgehead atoms. The van der Waals surface area contributed by atoms with E-state index in [1.165, 1.54) is 5.56 Å². The van der Waals surface area contributed by atoms with Crippen LogP contribution in [0.3, 0.4) is 0 Å². The van der Waals surface area contributed by atoms with Crippen molar-refractivity contribution in [3.63, 3.8) is 0 Å². The normalized spacial score (nSPS) is 10.4. The van der Waals surface area contributed by atoms with Crippen LogP contribution in [-0.4, -0.2) is 19.1 Å². The van der Waals surface area contributed by atoms with Crippen LogP contribution in [0.4, 0.5) is 11.4 Å². The first kappa shape index (κ1) is 22.9. The highest BCUT2D eigenvalue weighted by atomic mass is 16.5. The van der Waals surface area contributed by atoms with Crippen molar-refractivity contribution in [1.29, 1.82) is 0 Å². The van der Waals surface area contributed by atoms with Gasteiger partial charge in [-0.15, -0.1) is 0 Å². The molecule has 0 saturated carbocycles. The molecular weight excluding hydrogens is 424 g/mol. The SMILES string of the molecule is O=C(CNc1ccc(OCCc2ccccc2)cc1)Nc1ccccc1OCc1ccccc1. The predicted molar refractivity (Wildman–Crippen MR) is 136 cm³/mol. The summed E-state index contributed by atoms with van der Waals surface area (Å²) in [4.78, 5) is 12.5. The molecule has 5 nitrogen and oxygen atoms in total. The van der Waals surface area contributed by atoms with Gasteiger partial charge in [-0.05, 0) is 47.5 Å². The molecule has 0 aliphatic rings. The van der Waals surface area contributed by atoms with Crippen LogP contribution in [0.1, 0.15) is 11.1 Å². The Morgan fingerprint density at radius 3 is 2.06 bits per heavy atom. The summed E-state index contributed by atoms with van der Waals surface area (Å²) in [5.74, 6) is 1.28. The lowest BCUT2D eigenvalue weighted by Gasteiger charge is -2.13. The summed E-state index contributed by atoms with van der Waals surface area (Å²) < 4.78 is 11.7. The van der Waals surface area contributed by atoms with Crippen molar-refractivity contribution in [2.75, 3.05) is 23.8 Å². The molecule has 172 valence electrons. The van der Waals surface area contributed by atoms with Gasteiger partial charge in [0.1, 0.15) is 18.1 Å². The standard InChI is InChI=1S/C29H28N2O3/c32-29(31-27-13-7-8-14-28(27)34-22-24-11-5-2-6-12-24)21-30-25-15-17-26(18-16-25)33-20-19-23-9-3-1-4-10-23/h1-18,30H,19-22H2,(H,31,32). The highest BCUT2D eigenvalue weighted by molar-refractivity contribution is 5.95. The second-order valence-electron chi connectivity index (χ2n) is 7.78. The third-order valence-electron chi connectivity index (χ3n) is 5.21. The van der Waals surface area contributed by atoms with Gasteiger partial charge in [0.15, 0.2) is 0 Å². The summed E-state index contributed by atoms with van der Waals surface area (Å²) in [6.07, 6.45) is 0.859. The van der Waals surface area contributed by atoms with Gasteiger partial charge < -0.3 is 20.1 Å². The maximum Gasteiger partial charge on any atom is 0.243 e. The monoisotopic (exact) mass is 452 g/mol. The number of anilines is 2. The largest absolute Gasteiger partial charge is 0.493 e. The van der Waals surface area contributed by atoms with Crippen LogP contribution >= 0.6 is 0 Å². The zero-order valence-electron chi connectivity index (χ0n) is 18.9. The van der Waals surface area contributed by atoms with Crippen molar-refractivity contribution in [3.05, 3.63) is 120 Å². The summed E-state index contributed by atoms with van der Waals surface area (Å²) in [6.45, 7) is 1.19. The second kappa shape index (κ2) is 12.1. The average Bonchev–Trinajstić information content (AvgIpc) is 2.89. The van der Waals surface area contributed by atoms with E-state index in [1.54, 1.807) is 0 Å². The highest BCUT2D eigenvalue weighted by Crippen LogP contribution is 2.25. The van der Waals surface area contributed by atoms with Gasteiger partial charge >= 0.3 is 0 Å². The van der Waals surface area contributed by atoms with E-state index in [-0.39, 0.29) is 12.5 Å². The van der Waals surface area contributed by atoms with Gasteiger partial charge in [-0.1, -0.05) is 72.8 Å². The molecule has 5 heteroatoms. The van der Waals surface area contributed by atoms with Crippen LogP contribution in [0.15, 0.2) is 109 Å². The Morgan fingerprint density at radius 2 is 1.32 bits per heavy atom. The van der Waals surface area contributed by atoms with Gasteiger partial charge in [-0.2, -0.15) is 0 Å². The molecule has 0 fully saturated rings. The van der Waals surface area contributed by atoms with Crippen LogP contribution in [-0.2, 0) is 17.8 Å². The van der Waals surface area contributed by atoms with E-state index in [0.717, 1.165) is 23.4 Å². The Bertz CT molecular complexity index is 1160. The maximum absolute atomic E-state index is 12.5. The van der Waals surface area contributed by atoms with Gasteiger partial charge in [-0.3, -0.25) is 4.79 Å². The maximum atomic E-state index is 12.5. The van der Waals surface area contributed by atoms with Crippen LogP contribution in [0.25, 0.3) is 0 Å². The van der Waals surface area contributed by atoms with E-state index in [0.29, 0.717) is 24.7 Å². The van der Waals surface area contributed by atoms with Crippen molar-refractivity contribution in [3.8, 4) is 11.5 Å². The topological polar surface area (TPSA) is 59.6 Å². The lowest BCUT2D eigenvalue weighted by Crippen LogP contribution is -2.22. The van der Waals surface area contributed by atoms with Crippen LogP contribution in [0, 0.1) is 0 Å². The molecule has 0 spiro atoms. The fourth-order valence-corrected chi connectivity index (χ4v) is 3.41. The first-order valence-corrected chi connectivity index (χ1v) is 11.3. The zero-order chi connectivity index (χ0) is 23.4.